The van der Waals surface area contributed by atoms with Crippen LogP contribution in [0.1, 0.15) is 22.8 Å². The molecule has 1 aromatic rings. The Balaban J connectivity index is 2.21. The second-order valence-electron chi connectivity index (χ2n) is 4.89. The van der Waals surface area contributed by atoms with Crippen LogP contribution in [-0.2, 0) is 4.74 Å². The minimum atomic E-state index is -0.382. The molecule has 1 aliphatic heterocycles. The fourth-order valence-corrected chi connectivity index (χ4v) is 2.65. The third-order valence-corrected chi connectivity index (χ3v) is 3.94. The van der Waals surface area contributed by atoms with Crippen LogP contribution in [0.3, 0.4) is 0 Å². The molecule has 2 rings (SSSR count). The van der Waals surface area contributed by atoms with Gasteiger partial charge in [0.2, 0.25) is 0 Å². The molecule has 3 nitrogen and oxygen atoms in total. The Morgan fingerprint density at radius 1 is 1.53 bits per heavy atom. The highest BCUT2D eigenvalue weighted by molar-refractivity contribution is 9.09. The van der Waals surface area contributed by atoms with E-state index >= 15 is 0 Å². The highest BCUT2D eigenvalue weighted by Crippen LogP contribution is 2.18. The van der Waals surface area contributed by atoms with Crippen molar-refractivity contribution in [3.8, 4) is 0 Å². The first kappa shape index (κ1) is 14.5. The number of nitrogens with zero attached hydrogens (tertiary/aromatic N) is 1. The van der Waals surface area contributed by atoms with Crippen LogP contribution in [0.25, 0.3) is 0 Å². The Bertz CT molecular complexity index is 481. The number of rotatable bonds is 2. The standard InChI is InChI=1S/C14H17BrFNO2/c1-9-3-4-11(16)5-13(9)14(18)17-7-10(2)19-12(6-15)8-17/h3-5,10,12H,6-8H2,1-2H3. The zero-order valence-electron chi connectivity index (χ0n) is 11.0. The van der Waals surface area contributed by atoms with Crippen LogP contribution >= 0.6 is 15.9 Å². The normalized spacial score (nSPS) is 23.5. The van der Waals surface area contributed by atoms with Gasteiger partial charge in [-0.25, -0.2) is 4.39 Å². The maximum Gasteiger partial charge on any atom is 0.254 e. The van der Waals surface area contributed by atoms with Gasteiger partial charge in [0.15, 0.2) is 0 Å². The zero-order chi connectivity index (χ0) is 14.0. The number of hydrogen-bond donors (Lipinski definition) is 0. The van der Waals surface area contributed by atoms with E-state index in [4.69, 9.17) is 4.74 Å². The van der Waals surface area contributed by atoms with Crippen molar-refractivity contribution >= 4 is 21.8 Å². The number of ether oxygens (including phenoxy) is 1. The van der Waals surface area contributed by atoms with Crippen LogP contribution in [-0.4, -0.2) is 41.4 Å². The number of carbonyl (C=O) groups is 1. The van der Waals surface area contributed by atoms with Crippen LogP contribution in [0.15, 0.2) is 18.2 Å². The van der Waals surface area contributed by atoms with E-state index in [-0.39, 0.29) is 23.9 Å². The molecule has 1 aliphatic rings. The molecule has 19 heavy (non-hydrogen) atoms. The molecular formula is C14H17BrFNO2. The lowest BCUT2D eigenvalue weighted by Gasteiger charge is -2.36. The molecule has 1 amide bonds. The van der Waals surface area contributed by atoms with Gasteiger partial charge in [-0.3, -0.25) is 4.79 Å². The smallest absolute Gasteiger partial charge is 0.254 e. The summed E-state index contributed by atoms with van der Waals surface area (Å²) in [4.78, 5) is 14.2. The van der Waals surface area contributed by atoms with E-state index < -0.39 is 0 Å². The summed E-state index contributed by atoms with van der Waals surface area (Å²) in [5, 5.41) is 0.684. The van der Waals surface area contributed by atoms with Crippen molar-refractivity contribution in [2.24, 2.45) is 0 Å². The van der Waals surface area contributed by atoms with Gasteiger partial charge in [-0.05, 0) is 31.5 Å². The molecule has 1 aromatic carbocycles. The summed E-state index contributed by atoms with van der Waals surface area (Å²) in [6, 6.07) is 4.31. The molecule has 0 radical (unpaired) electrons. The summed E-state index contributed by atoms with van der Waals surface area (Å²) < 4.78 is 19.0. The Hall–Kier alpha value is -0.940. The van der Waals surface area contributed by atoms with Gasteiger partial charge in [-0.15, -0.1) is 0 Å². The summed E-state index contributed by atoms with van der Waals surface area (Å²) >= 11 is 3.37. The topological polar surface area (TPSA) is 29.5 Å². The summed E-state index contributed by atoms with van der Waals surface area (Å²) in [7, 11) is 0. The summed E-state index contributed by atoms with van der Waals surface area (Å²) in [5.41, 5.74) is 1.23. The largest absolute Gasteiger partial charge is 0.371 e. The number of alkyl halides is 1. The van der Waals surface area contributed by atoms with Gasteiger partial charge < -0.3 is 9.64 Å². The Morgan fingerprint density at radius 3 is 2.95 bits per heavy atom. The fourth-order valence-electron chi connectivity index (χ4n) is 2.29. The lowest BCUT2D eigenvalue weighted by molar-refractivity contribution is -0.0560. The first-order valence-corrected chi connectivity index (χ1v) is 7.40. The van der Waals surface area contributed by atoms with Gasteiger partial charge in [0.05, 0.1) is 12.2 Å². The van der Waals surface area contributed by atoms with Crippen molar-refractivity contribution in [2.75, 3.05) is 18.4 Å². The van der Waals surface area contributed by atoms with E-state index in [1.165, 1.54) is 12.1 Å². The molecule has 104 valence electrons. The monoisotopic (exact) mass is 329 g/mol. The molecule has 5 heteroatoms. The molecule has 0 saturated carbocycles. The summed E-state index contributed by atoms with van der Waals surface area (Å²) in [6.45, 7) is 4.83. The van der Waals surface area contributed by atoms with Crippen LogP contribution in [0, 0.1) is 12.7 Å². The van der Waals surface area contributed by atoms with E-state index in [1.54, 1.807) is 11.0 Å². The SMILES string of the molecule is Cc1ccc(F)cc1C(=O)N1CC(C)OC(CBr)C1. The van der Waals surface area contributed by atoms with E-state index in [0.717, 1.165) is 5.56 Å². The highest BCUT2D eigenvalue weighted by atomic mass is 79.9. The number of benzene rings is 1. The van der Waals surface area contributed by atoms with E-state index in [1.807, 2.05) is 13.8 Å². The first-order chi connectivity index (χ1) is 9.01. The van der Waals surface area contributed by atoms with Crippen LogP contribution in [0.2, 0.25) is 0 Å². The molecule has 0 aliphatic carbocycles. The molecule has 2 atom stereocenters. The van der Waals surface area contributed by atoms with Crippen molar-refractivity contribution in [3.63, 3.8) is 0 Å². The molecule has 0 bridgehead atoms. The van der Waals surface area contributed by atoms with Gasteiger partial charge in [0, 0.05) is 24.0 Å². The lowest BCUT2D eigenvalue weighted by atomic mass is 10.1. The van der Waals surface area contributed by atoms with Crippen LogP contribution in [0.5, 0.6) is 0 Å². The number of hydrogen-bond acceptors (Lipinski definition) is 2. The van der Waals surface area contributed by atoms with Gasteiger partial charge >= 0.3 is 0 Å². The van der Waals surface area contributed by atoms with E-state index in [0.29, 0.717) is 24.0 Å². The van der Waals surface area contributed by atoms with Crippen molar-refractivity contribution in [1.82, 2.24) is 4.90 Å². The number of carbonyl (C=O) groups excluding carboxylic acids is 1. The second kappa shape index (κ2) is 6.01. The highest BCUT2D eigenvalue weighted by Gasteiger charge is 2.29. The molecule has 0 spiro atoms. The molecule has 2 unspecified atom stereocenters. The maximum atomic E-state index is 13.3. The minimum absolute atomic E-state index is 0.00545. The summed E-state index contributed by atoms with van der Waals surface area (Å²) in [5.74, 6) is -0.509. The van der Waals surface area contributed by atoms with Gasteiger partial charge in [-0.2, -0.15) is 0 Å². The molecule has 1 saturated heterocycles. The number of morpholine rings is 1. The van der Waals surface area contributed by atoms with Crippen molar-refractivity contribution in [3.05, 3.63) is 35.1 Å². The maximum absolute atomic E-state index is 13.3. The minimum Gasteiger partial charge on any atom is -0.371 e. The third-order valence-electron chi connectivity index (χ3n) is 3.22. The van der Waals surface area contributed by atoms with Crippen LogP contribution < -0.4 is 0 Å². The Morgan fingerprint density at radius 2 is 2.26 bits per heavy atom. The number of halogens is 2. The molecule has 0 aromatic heterocycles. The van der Waals surface area contributed by atoms with Gasteiger partial charge in [0.25, 0.3) is 5.91 Å². The lowest BCUT2D eigenvalue weighted by Crippen LogP contribution is -2.49. The molecule has 0 N–H and O–H groups in total. The molecule has 1 fully saturated rings. The Labute approximate surface area is 120 Å². The Kier molecular flexibility index (Phi) is 4.58. The van der Waals surface area contributed by atoms with E-state index in [2.05, 4.69) is 15.9 Å². The second-order valence-corrected chi connectivity index (χ2v) is 5.54. The number of aryl methyl sites for hydroxylation is 1. The van der Waals surface area contributed by atoms with Gasteiger partial charge in [0.1, 0.15) is 5.82 Å². The zero-order valence-corrected chi connectivity index (χ0v) is 12.6. The fraction of sp³-hybridized carbons (Fsp3) is 0.500. The van der Waals surface area contributed by atoms with E-state index in [9.17, 15) is 9.18 Å². The van der Waals surface area contributed by atoms with Gasteiger partial charge in [-0.1, -0.05) is 22.0 Å². The molecular weight excluding hydrogens is 313 g/mol. The average molecular weight is 330 g/mol. The van der Waals surface area contributed by atoms with Crippen LogP contribution in [0.4, 0.5) is 4.39 Å². The summed E-state index contributed by atoms with van der Waals surface area (Å²) in [6.07, 6.45) is -0.0179. The van der Waals surface area contributed by atoms with Crippen molar-refractivity contribution in [2.45, 2.75) is 26.1 Å². The molecule has 1 heterocycles. The quantitative estimate of drug-likeness (QED) is 0.781. The van der Waals surface area contributed by atoms with Crippen molar-refractivity contribution in [1.29, 1.82) is 0 Å². The predicted octanol–water partition coefficient (Wildman–Crippen LogP) is 2.76. The first-order valence-electron chi connectivity index (χ1n) is 6.28. The predicted molar refractivity (Wildman–Crippen MR) is 75.2 cm³/mol. The third kappa shape index (κ3) is 3.34. The average Bonchev–Trinajstić information content (AvgIpc) is 2.40. The van der Waals surface area contributed by atoms with Crippen molar-refractivity contribution < 1.29 is 13.9 Å². The number of amides is 1.